The first-order chi connectivity index (χ1) is 22.5. The van der Waals surface area contributed by atoms with Crippen molar-refractivity contribution in [2.75, 3.05) is 38.0 Å². The van der Waals surface area contributed by atoms with Crippen LogP contribution in [-0.2, 0) is 29.2 Å². The Balaban J connectivity index is 1.02. The van der Waals surface area contributed by atoms with Crippen molar-refractivity contribution in [1.82, 2.24) is 29.1 Å². The Labute approximate surface area is 277 Å². The van der Waals surface area contributed by atoms with Gasteiger partial charge >= 0.3 is 6.18 Å². The van der Waals surface area contributed by atoms with Crippen molar-refractivity contribution in [1.29, 1.82) is 5.26 Å². The van der Waals surface area contributed by atoms with Gasteiger partial charge in [0, 0.05) is 75.7 Å². The molecule has 1 atom stereocenters. The van der Waals surface area contributed by atoms with Crippen LogP contribution in [0.1, 0.15) is 41.8 Å². The molecule has 3 aromatic heterocycles. The minimum atomic E-state index is -4.26. The van der Waals surface area contributed by atoms with E-state index < -0.39 is 22.3 Å². The summed E-state index contributed by atoms with van der Waals surface area (Å²) in [5, 5.41) is 16.4. The fourth-order valence-corrected chi connectivity index (χ4v) is 8.51. The quantitative estimate of drug-likeness (QED) is 0.201. The third kappa shape index (κ3) is 8.33. The number of likely N-dealkylation sites (tertiary alicyclic amines) is 2. The molecule has 2 N–H and O–H groups in total. The van der Waals surface area contributed by atoms with Gasteiger partial charge < -0.3 is 14.8 Å². The highest BCUT2D eigenvalue weighted by atomic mass is 32.2. The van der Waals surface area contributed by atoms with Crippen molar-refractivity contribution in [3.8, 4) is 6.07 Å². The van der Waals surface area contributed by atoms with E-state index in [0.717, 1.165) is 93.7 Å². The van der Waals surface area contributed by atoms with Gasteiger partial charge in [-0.25, -0.2) is 18.9 Å². The topological polar surface area (TPSA) is 102 Å². The Morgan fingerprint density at radius 1 is 1.04 bits per heavy atom. The summed E-state index contributed by atoms with van der Waals surface area (Å²) in [5.41, 5.74) is 2.89. The molecule has 0 saturated carbocycles. The van der Waals surface area contributed by atoms with Gasteiger partial charge in [-0.1, -0.05) is 12.6 Å². The number of nitrogens with zero attached hydrogens (tertiary/aromatic N) is 6. The Kier molecular flexibility index (Phi) is 9.91. The van der Waals surface area contributed by atoms with Crippen molar-refractivity contribution in [3.63, 3.8) is 0 Å². The number of rotatable bonds is 11. The molecule has 14 heteroatoms. The first-order valence-electron chi connectivity index (χ1n) is 15.8. The van der Waals surface area contributed by atoms with Gasteiger partial charge in [0.2, 0.25) is 0 Å². The summed E-state index contributed by atoms with van der Waals surface area (Å²) >= 11 is 1.06. The fourth-order valence-electron chi connectivity index (χ4n) is 6.59. The SMILES string of the molecule is C=CS(=C)(=O)NC1CCN(CCn2c(C#N)cc3cc(CN4CCC(Nc5ncnc6sc(CC(F)(F)F)cc56)CC4)ccc32)CC1. The maximum atomic E-state index is 12.9. The predicted molar refractivity (Wildman–Crippen MR) is 184 cm³/mol. The fraction of sp³-hybridized carbons (Fsp3) is 0.455. The van der Waals surface area contributed by atoms with Crippen LogP contribution in [0.15, 0.2) is 48.6 Å². The zero-order valence-corrected chi connectivity index (χ0v) is 27.8. The van der Waals surface area contributed by atoms with Crippen molar-refractivity contribution >= 4 is 53.9 Å². The number of nitrogens with one attached hydrogen (secondary N) is 2. The monoisotopic (exact) mass is 684 g/mol. The molecule has 9 nitrogen and oxygen atoms in total. The molecule has 250 valence electrons. The molecule has 5 heterocycles. The number of hydrogen-bond donors (Lipinski definition) is 2. The largest absolute Gasteiger partial charge is 0.393 e. The van der Waals surface area contributed by atoms with E-state index in [1.807, 2.05) is 6.07 Å². The number of fused-ring (bicyclic) bond motifs is 2. The predicted octanol–water partition coefficient (Wildman–Crippen LogP) is 5.53. The minimum Gasteiger partial charge on any atom is -0.367 e. The van der Waals surface area contributed by atoms with E-state index in [9.17, 15) is 22.6 Å². The number of halogens is 3. The lowest BCUT2D eigenvalue weighted by Gasteiger charge is -2.33. The summed E-state index contributed by atoms with van der Waals surface area (Å²) < 4.78 is 56.2. The first-order valence-corrected chi connectivity index (χ1v) is 18.4. The van der Waals surface area contributed by atoms with E-state index in [4.69, 9.17) is 0 Å². The second kappa shape index (κ2) is 13.9. The highest BCUT2D eigenvalue weighted by Crippen LogP contribution is 2.33. The van der Waals surface area contributed by atoms with E-state index in [1.165, 1.54) is 17.3 Å². The Hall–Kier alpha value is -3.48. The lowest BCUT2D eigenvalue weighted by atomic mass is 10.0. The number of thiophene rings is 1. The first kappa shape index (κ1) is 33.4. The molecule has 4 aromatic rings. The van der Waals surface area contributed by atoms with E-state index in [1.54, 1.807) is 6.07 Å². The van der Waals surface area contributed by atoms with E-state index >= 15 is 0 Å². The smallest absolute Gasteiger partial charge is 0.367 e. The number of alkyl halides is 3. The lowest BCUT2D eigenvalue weighted by molar-refractivity contribution is -0.126. The van der Waals surface area contributed by atoms with Crippen molar-refractivity contribution in [2.24, 2.45) is 0 Å². The van der Waals surface area contributed by atoms with Crippen LogP contribution in [0.3, 0.4) is 0 Å². The highest BCUT2D eigenvalue weighted by Gasteiger charge is 2.29. The van der Waals surface area contributed by atoms with Gasteiger partial charge in [0.1, 0.15) is 28.7 Å². The summed E-state index contributed by atoms with van der Waals surface area (Å²) in [4.78, 5) is 14.1. The Bertz CT molecular complexity index is 1880. The number of nitriles is 1. The Morgan fingerprint density at radius 3 is 2.47 bits per heavy atom. The van der Waals surface area contributed by atoms with Gasteiger partial charge in [-0.2, -0.15) is 18.4 Å². The van der Waals surface area contributed by atoms with Gasteiger partial charge in [-0.15, -0.1) is 11.3 Å². The summed E-state index contributed by atoms with van der Waals surface area (Å²) in [7, 11) is -2.44. The molecule has 1 aromatic carbocycles. The second-order valence-electron chi connectivity index (χ2n) is 12.5. The summed E-state index contributed by atoms with van der Waals surface area (Å²) in [5.74, 6) is 4.30. The number of anilines is 1. The van der Waals surface area contributed by atoms with E-state index in [2.05, 4.69) is 71.1 Å². The van der Waals surface area contributed by atoms with Crippen molar-refractivity contribution in [3.05, 3.63) is 64.8 Å². The highest BCUT2D eigenvalue weighted by molar-refractivity contribution is 8.01. The average Bonchev–Trinajstić information content (AvgIpc) is 3.61. The van der Waals surface area contributed by atoms with Gasteiger partial charge in [-0.05, 0) is 74.5 Å². The molecule has 2 fully saturated rings. The number of hydrogen-bond acceptors (Lipinski definition) is 8. The standard InChI is InChI=1S/C33H39F3N8OS2/c1-3-47(2,45)41-26-8-10-42(11-9-26)14-15-44-27(20-37)17-24-16-23(4-5-30(24)44)21-43-12-6-25(7-13-43)40-31-29-18-28(19-33(34,35)36)46-32(29)39-22-38-31/h3-5,16-18,22,25-26H,1-2,6-15,19,21H2,(H,41,45)(H,38,39,40). The van der Waals surface area contributed by atoms with Crippen LogP contribution in [0, 0.1) is 11.3 Å². The molecule has 47 heavy (non-hydrogen) atoms. The lowest BCUT2D eigenvalue weighted by Crippen LogP contribution is -2.44. The molecule has 1 unspecified atom stereocenters. The molecule has 2 aliphatic heterocycles. The normalized spacial score (nSPS) is 18.8. The molecule has 0 spiro atoms. The average molecular weight is 685 g/mol. The number of piperidine rings is 2. The summed E-state index contributed by atoms with van der Waals surface area (Å²) in [6, 6.07) is 12.7. The third-order valence-corrected chi connectivity index (χ3v) is 11.3. The van der Waals surface area contributed by atoms with Gasteiger partial charge in [0.15, 0.2) is 0 Å². The van der Waals surface area contributed by atoms with Crippen LogP contribution < -0.4 is 10.0 Å². The molecule has 2 saturated heterocycles. The summed E-state index contributed by atoms with van der Waals surface area (Å²) in [6.45, 7) is 9.49. The van der Waals surface area contributed by atoms with Crippen LogP contribution in [0.4, 0.5) is 19.0 Å². The molecule has 0 amide bonds. The van der Waals surface area contributed by atoms with Crippen molar-refractivity contribution in [2.45, 2.75) is 63.5 Å². The number of benzene rings is 1. The zero-order valence-electron chi connectivity index (χ0n) is 26.1. The zero-order chi connectivity index (χ0) is 33.2. The van der Waals surface area contributed by atoms with Gasteiger partial charge in [0.25, 0.3) is 0 Å². The van der Waals surface area contributed by atoms with Gasteiger partial charge in [0.05, 0.1) is 11.8 Å². The van der Waals surface area contributed by atoms with Crippen LogP contribution in [0.5, 0.6) is 0 Å². The molecule has 0 aliphatic carbocycles. The third-order valence-electron chi connectivity index (χ3n) is 9.03. The maximum absolute atomic E-state index is 12.9. The van der Waals surface area contributed by atoms with Crippen LogP contribution in [0.25, 0.3) is 21.1 Å². The maximum Gasteiger partial charge on any atom is 0.393 e. The van der Waals surface area contributed by atoms with Gasteiger partial charge in [-0.3, -0.25) is 4.90 Å². The van der Waals surface area contributed by atoms with Crippen molar-refractivity contribution < 1.29 is 17.4 Å². The molecule has 0 radical (unpaired) electrons. The second-order valence-corrected chi connectivity index (χ2v) is 15.6. The molecule has 0 bridgehead atoms. The molecular formula is C33H39F3N8OS2. The van der Waals surface area contributed by atoms with Crippen LogP contribution >= 0.6 is 11.3 Å². The molecule has 2 aliphatic rings. The van der Waals surface area contributed by atoms with Crippen LogP contribution in [0.2, 0.25) is 0 Å². The molecular weight excluding hydrogens is 646 g/mol. The number of aromatic nitrogens is 3. The minimum absolute atomic E-state index is 0.163. The van der Waals surface area contributed by atoms with E-state index in [0.29, 0.717) is 21.7 Å². The molecule has 6 rings (SSSR count). The van der Waals surface area contributed by atoms with Crippen LogP contribution in [-0.4, -0.2) is 85.4 Å². The van der Waals surface area contributed by atoms with E-state index in [-0.39, 0.29) is 17.0 Å². The Morgan fingerprint density at radius 2 is 1.77 bits per heavy atom. The summed E-state index contributed by atoms with van der Waals surface area (Å²) in [6.07, 6.45) is -0.259.